The number of esters is 1. The molecule has 2 rings (SSSR count). The van der Waals surface area contributed by atoms with Crippen LogP contribution in [0.25, 0.3) is 0 Å². The third-order valence-electron chi connectivity index (χ3n) is 4.53. The van der Waals surface area contributed by atoms with Crippen LogP contribution >= 0.6 is 11.6 Å². The van der Waals surface area contributed by atoms with Crippen LogP contribution in [0.1, 0.15) is 52.7 Å². The summed E-state index contributed by atoms with van der Waals surface area (Å²) in [7, 11) is 0. The van der Waals surface area contributed by atoms with Crippen molar-refractivity contribution >= 4 is 23.5 Å². The third kappa shape index (κ3) is 4.04. The summed E-state index contributed by atoms with van der Waals surface area (Å²) in [5.41, 5.74) is -0.712. The van der Waals surface area contributed by atoms with Crippen molar-refractivity contribution in [2.45, 2.75) is 59.6 Å². The van der Waals surface area contributed by atoms with Gasteiger partial charge in [-0.05, 0) is 40.0 Å². The average Bonchev–Trinajstić information content (AvgIpc) is 2.84. The molecule has 1 aliphatic carbocycles. The summed E-state index contributed by atoms with van der Waals surface area (Å²) in [5, 5.41) is 3.14. The van der Waals surface area contributed by atoms with Gasteiger partial charge in [-0.2, -0.15) is 0 Å². The van der Waals surface area contributed by atoms with Gasteiger partial charge in [0.15, 0.2) is 5.15 Å². The third-order valence-corrected chi connectivity index (χ3v) is 4.85. The van der Waals surface area contributed by atoms with Crippen molar-refractivity contribution in [2.75, 3.05) is 0 Å². The van der Waals surface area contributed by atoms with Crippen LogP contribution in [0, 0.1) is 10.8 Å². The van der Waals surface area contributed by atoms with Gasteiger partial charge < -0.3 is 10.1 Å². The van der Waals surface area contributed by atoms with Crippen LogP contribution in [-0.4, -0.2) is 27.9 Å². The predicted molar refractivity (Wildman–Crippen MR) is 90.2 cm³/mol. The molecule has 6 nitrogen and oxygen atoms in total. The fourth-order valence-corrected chi connectivity index (χ4v) is 3.33. The zero-order valence-corrected chi connectivity index (χ0v) is 15.3. The Morgan fingerprint density at radius 1 is 1.25 bits per heavy atom. The van der Waals surface area contributed by atoms with Crippen molar-refractivity contribution in [1.29, 1.82) is 0 Å². The molecule has 132 valence electrons. The molecule has 0 radical (unpaired) electrons. The summed E-state index contributed by atoms with van der Waals surface area (Å²) in [5.74, 6) is -0.337. The molecule has 2 atom stereocenters. The molecule has 24 heavy (non-hydrogen) atoms. The number of ether oxygens (including phenoxy) is 1. The maximum Gasteiger partial charge on any atom is 0.312 e. The van der Waals surface area contributed by atoms with E-state index < -0.39 is 10.8 Å². The second-order valence-corrected chi connectivity index (χ2v) is 7.59. The zero-order chi connectivity index (χ0) is 18.0. The molecule has 0 aliphatic heterocycles. The highest BCUT2D eigenvalue weighted by atomic mass is 35.5. The second-order valence-electron chi connectivity index (χ2n) is 7.23. The number of rotatable bonds is 5. The minimum atomic E-state index is -0.624. The van der Waals surface area contributed by atoms with Crippen LogP contribution in [0.3, 0.4) is 0 Å². The second kappa shape index (κ2) is 7.05. The predicted octanol–water partition coefficient (Wildman–Crippen LogP) is 2.89. The summed E-state index contributed by atoms with van der Waals surface area (Å²) in [4.78, 5) is 33.0. The van der Waals surface area contributed by atoms with Crippen LogP contribution < -0.4 is 5.32 Å². The molecule has 1 amide bonds. The van der Waals surface area contributed by atoms with Gasteiger partial charge in [-0.25, -0.2) is 4.98 Å². The Labute approximate surface area is 147 Å². The van der Waals surface area contributed by atoms with E-state index in [0.29, 0.717) is 25.0 Å². The van der Waals surface area contributed by atoms with E-state index in [1.54, 1.807) is 0 Å². The molecule has 0 spiro atoms. The van der Waals surface area contributed by atoms with E-state index in [-0.39, 0.29) is 29.7 Å². The van der Waals surface area contributed by atoms with Crippen molar-refractivity contribution < 1.29 is 14.3 Å². The molecule has 1 fully saturated rings. The lowest BCUT2D eigenvalue weighted by molar-refractivity contribution is -0.159. The number of hydrogen-bond donors (Lipinski definition) is 1. The Morgan fingerprint density at radius 2 is 1.88 bits per heavy atom. The quantitative estimate of drug-likeness (QED) is 0.823. The van der Waals surface area contributed by atoms with Gasteiger partial charge in [0.2, 0.25) is 5.91 Å². The lowest BCUT2D eigenvalue weighted by Crippen LogP contribution is -2.39. The van der Waals surface area contributed by atoms with Gasteiger partial charge in [0.1, 0.15) is 0 Å². The molecule has 7 heteroatoms. The summed E-state index contributed by atoms with van der Waals surface area (Å²) < 4.78 is 5.35. The average molecular weight is 354 g/mol. The van der Waals surface area contributed by atoms with E-state index in [4.69, 9.17) is 16.3 Å². The first-order valence-electron chi connectivity index (χ1n) is 8.11. The van der Waals surface area contributed by atoms with Gasteiger partial charge in [0.25, 0.3) is 0 Å². The summed E-state index contributed by atoms with van der Waals surface area (Å²) in [6, 6.07) is 0. The van der Waals surface area contributed by atoms with Gasteiger partial charge >= 0.3 is 5.97 Å². The van der Waals surface area contributed by atoms with Crippen molar-refractivity contribution in [3.8, 4) is 0 Å². The van der Waals surface area contributed by atoms with Gasteiger partial charge in [0, 0.05) is 17.8 Å². The monoisotopic (exact) mass is 353 g/mol. The highest BCUT2D eigenvalue weighted by Gasteiger charge is 2.51. The summed E-state index contributed by atoms with van der Waals surface area (Å²) >= 11 is 5.95. The molecule has 1 heterocycles. The summed E-state index contributed by atoms with van der Waals surface area (Å²) in [6.45, 7) is 7.62. The Bertz CT molecular complexity index is 637. The molecule has 1 aromatic heterocycles. The lowest BCUT2D eigenvalue weighted by atomic mass is 9.81. The number of nitrogens with one attached hydrogen (secondary N) is 1. The Morgan fingerprint density at radius 3 is 2.50 bits per heavy atom. The van der Waals surface area contributed by atoms with Gasteiger partial charge in [-0.1, -0.05) is 18.5 Å². The number of halogens is 1. The molecule has 0 aromatic carbocycles. The molecular formula is C17H24ClN3O3. The summed E-state index contributed by atoms with van der Waals surface area (Å²) in [6.07, 6.45) is 4.60. The Hall–Kier alpha value is -1.69. The van der Waals surface area contributed by atoms with E-state index in [2.05, 4.69) is 15.3 Å². The number of amides is 1. The topological polar surface area (TPSA) is 81.2 Å². The fraction of sp³-hybridized carbons (Fsp3) is 0.647. The number of carbonyl (C=O) groups is 2. The molecule has 1 aliphatic rings. The fourth-order valence-electron chi connectivity index (χ4n) is 3.16. The number of nitrogens with zero attached hydrogens (tertiary/aromatic N) is 2. The van der Waals surface area contributed by atoms with Gasteiger partial charge in [-0.3, -0.25) is 14.6 Å². The van der Waals surface area contributed by atoms with Crippen molar-refractivity contribution in [3.05, 3.63) is 23.2 Å². The molecule has 0 unspecified atom stereocenters. The first kappa shape index (κ1) is 18.6. The molecule has 1 N–H and O–H groups in total. The first-order valence-corrected chi connectivity index (χ1v) is 8.49. The SMILES string of the molecule is CC(C)OC(=O)[C@]1(C)CC[C@](C)(C(=O)NCc2nccnc2Cl)C1. The van der Waals surface area contributed by atoms with Crippen molar-refractivity contribution in [1.82, 2.24) is 15.3 Å². The zero-order valence-electron chi connectivity index (χ0n) is 14.6. The van der Waals surface area contributed by atoms with E-state index in [1.807, 2.05) is 27.7 Å². The molecule has 1 saturated carbocycles. The minimum absolute atomic E-state index is 0.106. The van der Waals surface area contributed by atoms with E-state index in [1.165, 1.54) is 12.4 Å². The minimum Gasteiger partial charge on any atom is -0.463 e. The maximum absolute atomic E-state index is 12.6. The van der Waals surface area contributed by atoms with E-state index >= 15 is 0 Å². The van der Waals surface area contributed by atoms with Crippen LogP contribution in [0.4, 0.5) is 0 Å². The number of hydrogen-bond acceptors (Lipinski definition) is 5. The highest BCUT2D eigenvalue weighted by molar-refractivity contribution is 6.29. The van der Waals surface area contributed by atoms with Crippen LogP contribution in [0.5, 0.6) is 0 Å². The normalized spacial score (nSPS) is 26.4. The maximum atomic E-state index is 12.6. The van der Waals surface area contributed by atoms with Gasteiger partial charge in [0.05, 0.1) is 23.8 Å². The number of aromatic nitrogens is 2. The van der Waals surface area contributed by atoms with E-state index in [0.717, 1.165) is 0 Å². The van der Waals surface area contributed by atoms with Crippen molar-refractivity contribution in [2.24, 2.45) is 10.8 Å². The smallest absolute Gasteiger partial charge is 0.312 e. The first-order chi connectivity index (χ1) is 11.2. The Kier molecular flexibility index (Phi) is 5.48. The van der Waals surface area contributed by atoms with Crippen LogP contribution in [0.15, 0.2) is 12.4 Å². The molecule has 0 bridgehead atoms. The Balaban J connectivity index is 2.00. The lowest BCUT2D eigenvalue weighted by Gasteiger charge is -2.27. The molecular weight excluding hydrogens is 330 g/mol. The van der Waals surface area contributed by atoms with Crippen LogP contribution in [0.2, 0.25) is 5.15 Å². The van der Waals surface area contributed by atoms with Crippen LogP contribution in [-0.2, 0) is 20.9 Å². The van der Waals surface area contributed by atoms with Gasteiger partial charge in [-0.15, -0.1) is 0 Å². The number of carbonyl (C=O) groups excluding carboxylic acids is 2. The molecule has 0 saturated heterocycles. The van der Waals surface area contributed by atoms with Crippen molar-refractivity contribution in [3.63, 3.8) is 0 Å². The standard InChI is InChI=1S/C17H24ClN3O3/c1-11(2)24-15(23)17(4)6-5-16(3,10-17)14(22)21-9-12-13(18)20-8-7-19-12/h7-8,11H,5-6,9-10H2,1-4H3,(H,21,22)/t16-,17+/m0/s1. The van der Waals surface area contributed by atoms with E-state index in [9.17, 15) is 9.59 Å². The highest BCUT2D eigenvalue weighted by Crippen LogP contribution is 2.50. The largest absolute Gasteiger partial charge is 0.463 e. The molecule has 1 aromatic rings.